The Balaban J connectivity index is 1.63. The summed E-state index contributed by atoms with van der Waals surface area (Å²) in [5.41, 5.74) is 0.238. The lowest BCUT2D eigenvalue weighted by molar-refractivity contribution is -0.140. The van der Waals surface area contributed by atoms with Crippen molar-refractivity contribution in [2.24, 2.45) is 4.99 Å². The van der Waals surface area contributed by atoms with Crippen LogP contribution in [0.4, 0.5) is 18.9 Å². The van der Waals surface area contributed by atoms with Crippen molar-refractivity contribution in [3.63, 3.8) is 0 Å². The first-order valence-corrected chi connectivity index (χ1v) is 10.7. The molecule has 1 aliphatic heterocycles. The summed E-state index contributed by atoms with van der Waals surface area (Å²) in [7, 11) is 1.65. The minimum absolute atomic E-state index is 0.0996. The van der Waals surface area contributed by atoms with Gasteiger partial charge in [0.1, 0.15) is 10.8 Å². The van der Waals surface area contributed by atoms with Gasteiger partial charge < -0.3 is 20.3 Å². The summed E-state index contributed by atoms with van der Waals surface area (Å²) in [6, 6.07) is 8.14. The van der Waals surface area contributed by atoms with E-state index in [1.165, 1.54) is 0 Å². The van der Waals surface area contributed by atoms with Crippen molar-refractivity contribution in [3.8, 4) is 5.75 Å². The largest absolute Gasteiger partial charge is 0.497 e. The highest BCUT2D eigenvalue weighted by atomic mass is 32.1. The smallest absolute Gasteiger partial charge is 0.434 e. The number of alkyl halides is 3. The van der Waals surface area contributed by atoms with Crippen molar-refractivity contribution >= 4 is 23.0 Å². The van der Waals surface area contributed by atoms with Gasteiger partial charge in [-0.3, -0.25) is 0 Å². The maximum atomic E-state index is 12.7. The lowest BCUT2D eigenvalue weighted by atomic mass is 10.0. The lowest BCUT2D eigenvalue weighted by Gasteiger charge is -2.35. The van der Waals surface area contributed by atoms with Gasteiger partial charge in [-0.05, 0) is 31.9 Å². The van der Waals surface area contributed by atoms with E-state index in [4.69, 9.17) is 4.74 Å². The molecule has 0 aliphatic carbocycles. The zero-order valence-electron chi connectivity index (χ0n) is 17.0. The number of aromatic nitrogens is 1. The molecule has 1 aliphatic rings. The normalized spacial score (nSPS) is 17.7. The first-order valence-electron chi connectivity index (χ1n) is 9.84. The molecule has 1 aromatic heterocycles. The molecule has 10 heteroatoms. The van der Waals surface area contributed by atoms with Gasteiger partial charge in [-0.15, -0.1) is 11.3 Å². The molecule has 164 valence electrons. The van der Waals surface area contributed by atoms with Crippen LogP contribution in [0.5, 0.6) is 5.75 Å². The van der Waals surface area contributed by atoms with Crippen molar-refractivity contribution in [1.29, 1.82) is 0 Å². The summed E-state index contributed by atoms with van der Waals surface area (Å²) in [6.07, 6.45) is -2.41. The van der Waals surface area contributed by atoms with Crippen molar-refractivity contribution in [2.75, 3.05) is 31.6 Å². The average molecular weight is 442 g/mol. The van der Waals surface area contributed by atoms with E-state index in [-0.39, 0.29) is 12.6 Å². The van der Waals surface area contributed by atoms with Crippen molar-refractivity contribution in [3.05, 3.63) is 40.3 Å². The van der Waals surface area contributed by atoms with Gasteiger partial charge in [0.15, 0.2) is 11.7 Å². The molecule has 2 aromatic rings. The standard InChI is InChI=1S/C20H26F3N5OS/c1-3-24-19(25-11-18-27-17(13-30-18)20(21,22)23)26-14-6-5-9-28(12-14)15-7-4-8-16(10-15)29-2/h4,7-8,10,13-14H,3,5-6,9,11-12H2,1-2H3,(H2,24,25,26). The predicted octanol–water partition coefficient (Wildman–Crippen LogP) is 3.89. The van der Waals surface area contributed by atoms with E-state index in [2.05, 4.69) is 31.6 Å². The average Bonchev–Trinajstić information content (AvgIpc) is 3.22. The highest BCUT2D eigenvalue weighted by Crippen LogP contribution is 2.30. The fourth-order valence-corrected chi connectivity index (χ4v) is 4.03. The minimum atomic E-state index is -4.42. The number of guanidine groups is 1. The molecule has 30 heavy (non-hydrogen) atoms. The van der Waals surface area contributed by atoms with Gasteiger partial charge >= 0.3 is 6.18 Å². The second-order valence-electron chi connectivity index (χ2n) is 6.95. The summed E-state index contributed by atoms with van der Waals surface area (Å²) < 4.78 is 43.5. The van der Waals surface area contributed by atoms with Crippen molar-refractivity contribution < 1.29 is 17.9 Å². The van der Waals surface area contributed by atoms with Gasteiger partial charge in [-0.1, -0.05) is 6.07 Å². The fraction of sp³-hybridized carbons (Fsp3) is 0.500. The third-order valence-corrected chi connectivity index (χ3v) is 5.57. The van der Waals surface area contributed by atoms with Crippen LogP contribution in [0.3, 0.4) is 0 Å². The van der Waals surface area contributed by atoms with Crippen LogP contribution in [0.1, 0.15) is 30.5 Å². The van der Waals surface area contributed by atoms with Crippen LogP contribution < -0.4 is 20.3 Å². The van der Waals surface area contributed by atoms with Crippen LogP contribution in [0, 0.1) is 0 Å². The second-order valence-corrected chi connectivity index (χ2v) is 7.89. The van der Waals surface area contributed by atoms with Crippen LogP contribution in [-0.2, 0) is 12.7 Å². The molecule has 0 spiro atoms. The second kappa shape index (κ2) is 10.0. The number of piperidine rings is 1. The Bertz CT molecular complexity index is 855. The topological polar surface area (TPSA) is 61.8 Å². The number of anilines is 1. The van der Waals surface area contributed by atoms with Gasteiger partial charge in [-0.2, -0.15) is 13.2 Å². The summed E-state index contributed by atoms with van der Waals surface area (Å²) in [6.45, 7) is 4.46. The number of thiazole rings is 1. The quantitative estimate of drug-likeness (QED) is 0.526. The number of ether oxygens (including phenoxy) is 1. The highest BCUT2D eigenvalue weighted by molar-refractivity contribution is 7.09. The maximum Gasteiger partial charge on any atom is 0.434 e. The van der Waals surface area contributed by atoms with E-state index < -0.39 is 11.9 Å². The zero-order valence-corrected chi connectivity index (χ0v) is 17.8. The van der Waals surface area contributed by atoms with Crippen molar-refractivity contribution in [2.45, 2.75) is 38.5 Å². The lowest BCUT2D eigenvalue weighted by Crippen LogP contribution is -2.51. The van der Waals surface area contributed by atoms with Gasteiger partial charge in [0.2, 0.25) is 0 Å². The number of nitrogens with zero attached hydrogens (tertiary/aromatic N) is 3. The Labute approximate surface area is 178 Å². The molecule has 3 rings (SSSR count). The fourth-order valence-electron chi connectivity index (χ4n) is 3.31. The molecule has 6 nitrogen and oxygen atoms in total. The van der Waals surface area contributed by atoms with E-state index in [1.54, 1.807) is 7.11 Å². The van der Waals surface area contributed by atoms with Crippen LogP contribution in [0.25, 0.3) is 0 Å². The SMILES string of the molecule is CCNC(=NCc1nc(C(F)(F)F)cs1)NC1CCCN(c2cccc(OC)c2)C1. The Hall–Kier alpha value is -2.49. The number of halogens is 3. The number of nitrogens with one attached hydrogen (secondary N) is 2. The van der Waals surface area contributed by atoms with Gasteiger partial charge in [0, 0.05) is 42.8 Å². The van der Waals surface area contributed by atoms with E-state index in [1.807, 2.05) is 25.1 Å². The number of aliphatic imine (C=N–C) groups is 1. The Morgan fingerprint density at radius 3 is 2.93 bits per heavy atom. The molecule has 1 unspecified atom stereocenters. The van der Waals surface area contributed by atoms with Crippen LogP contribution in [-0.4, -0.2) is 43.7 Å². The van der Waals surface area contributed by atoms with E-state index in [9.17, 15) is 13.2 Å². The van der Waals surface area contributed by atoms with Crippen LogP contribution >= 0.6 is 11.3 Å². The van der Waals surface area contributed by atoms with Crippen molar-refractivity contribution in [1.82, 2.24) is 15.6 Å². The monoisotopic (exact) mass is 441 g/mol. The molecular weight excluding hydrogens is 415 g/mol. The number of rotatable bonds is 6. The van der Waals surface area contributed by atoms with E-state index >= 15 is 0 Å². The summed E-state index contributed by atoms with van der Waals surface area (Å²) >= 11 is 0.970. The molecule has 0 bridgehead atoms. The van der Waals surface area contributed by atoms with Gasteiger partial charge in [-0.25, -0.2) is 9.98 Å². The zero-order chi connectivity index (χ0) is 21.6. The molecule has 0 saturated carbocycles. The third kappa shape index (κ3) is 6.01. The van der Waals surface area contributed by atoms with Crippen LogP contribution in [0.2, 0.25) is 0 Å². The Kier molecular flexibility index (Phi) is 7.41. The highest BCUT2D eigenvalue weighted by Gasteiger charge is 2.33. The molecule has 0 amide bonds. The summed E-state index contributed by atoms with van der Waals surface area (Å²) in [4.78, 5) is 10.4. The molecule has 1 saturated heterocycles. The number of benzene rings is 1. The molecule has 2 N–H and O–H groups in total. The van der Waals surface area contributed by atoms with E-state index in [0.29, 0.717) is 17.5 Å². The van der Waals surface area contributed by atoms with Gasteiger partial charge in [0.05, 0.1) is 13.7 Å². The molecule has 2 heterocycles. The molecule has 1 fully saturated rings. The van der Waals surface area contributed by atoms with E-state index in [0.717, 1.165) is 54.1 Å². The molecular formula is C20H26F3N5OS. The number of hydrogen-bond acceptors (Lipinski definition) is 5. The molecule has 1 atom stereocenters. The minimum Gasteiger partial charge on any atom is -0.497 e. The number of methoxy groups -OCH3 is 1. The molecule has 1 aromatic carbocycles. The Morgan fingerprint density at radius 2 is 2.23 bits per heavy atom. The van der Waals surface area contributed by atoms with Gasteiger partial charge in [0.25, 0.3) is 0 Å². The first-order chi connectivity index (χ1) is 14.4. The molecule has 0 radical (unpaired) electrons. The van der Waals surface area contributed by atoms with Crippen LogP contribution in [0.15, 0.2) is 34.6 Å². The summed E-state index contributed by atoms with van der Waals surface area (Å²) in [5.74, 6) is 1.40. The third-order valence-electron chi connectivity index (χ3n) is 4.74. The number of hydrogen-bond donors (Lipinski definition) is 2. The maximum absolute atomic E-state index is 12.7. The first kappa shape index (κ1) is 22.2. The summed E-state index contributed by atoms with van der Waals surface area (Å²) in [5, 5.41) is 7.94. The predicted molar refractivity (Wildman–Crippen MR) is 113 cm³/mol. The Morgan fingerprint density at radius 1 is 1.40 bits per heavy atom.